The van der Waals surface area contributed by atoms with E-state index in [1.165, 1.54) is 54.6 Å². The van der Waals surface area contributed by atoms with Gasteiger partial charge in [0.15, 0.2) is 0 Å². The van der Waals surface area contributed by atoms with Gasteiger partial charge in [-0.2, -0.15) is 39.5 Å². The Kier molecular flexibility index (Phi) is 13.6. The molecule has 0 aromatic heterocycles. The van der Waals surface area contributed by atoms with Crippen LogP contribution in [-0.4, -0.2) is 24.3 Å². The summed E-state index contributed by atoms with van der Waals surface area (Å²) in [6, 6.07) is 23.7. The number of hydrogen-bond donors (Lipinski definition) is 0. The Balaban J connectivity index is 1.61. The van der Waals surface area contributed by atoms with Crippen LogP contribution < -0.4 is 0 Å². The van der Waals surface area contributed by atoms with Crippen LogP contribution in [0.5, 0.6) is 0 Å². The Morgan fingerprint density at radius 1 is 0.375 bits per heavy atom. The van der Waals surface area contributed by atoms with Crippen LogP contribution in [-0.2, 0) is 31.8 Å². The van der Waals surface area contributed by atoms with Crippen molar-refractivity contribution in [1.29, 1.82) is 0 Å². The second-order valence-corrected chi connectivity index (χ2v) is 15.0. The maximum absolute atomic E-state index is 13.7. The topological polar surface area (TPSA) is 157 Å². The predicted octanol–water partition coefficient (Wildman–Crippen LogP) is 11.9. The first-order valence-electron chi connectivity index (χ1n) is 18.3. The molecule has 6 rings (SSSR count). The second-order valence-electron chi connectivity index (χ2n) is 13.6. The lowest BCUT2D eigenvalue weighted by Gasteiger charge is -2.31. The van der Waals surface area contributed by atoms with Crippen molar-refractivity contribution in [2.45, 2.75) is 36.8 Å². The first kappa shape index (κ1) is 46.5. The van der Waals surface area contributed by atoms with E-state index in [2.05, 4.69) is 0 Å². The monoisotopic (exact) mass is 917 g/mol. The zero-order valence-electron chi connectivity index (χ0n) is 32.1. The average molecular weight is 918 g/mol. The van der Waals surface area contributed by atoms with Gasteiger partial charge in [0, 0.05) is 18.2 Å². The molecule has 0 spiro atoms. The molecule has 6 aromatic carbocycles. The molecule has 0 amide bonds. The van der Waals surface area contributed by atoms with E-state index in [1.54, 1.807) is 0 Å². The minimum atomic E-state index is -4.85. The summed E-state index contributed by atoms with van der Waals surface area (Å²) >= 11 is 0. The molecule has 0 aliphatic carbocycles. The van der Waals surface area contributed by atoms with E-state index in [0.29, 0.717) is 36.4 Å². The van der Waals surface area contributed by atoms with E-state index in [-0.39, 0.29) is 33.4 Å². The van der Waals surface area contributed by atoms with Crippen molar-refractivity contribution in [1.82, 2.24) is 0 Å². The standard InChI is InChI=1S/C42H28F9N3O9Si/c43-40(44,45)28-19-13-25(14-20-28)37(31-7-1-4-10-34(31)52(55)56)61-64(62-38(32-8-2-5-11-35(32)53(57)58)26-15-21-29(22-16-26)41(46,47)48)63-39(33-9-3-6-12-36(33)54(59)60)27-17-23-30(24-18-27)42(49,50)51/h1-24,37-39,64H. The summed E-state index contributed by atoms with van der Waals surface area (Å²) in [5, 5.41) is 37.2. The Labute approximate surface area is 356 Å². The van der Waals surface area contributed by atoms with Crippen molar-refractivity contribution in [3.8, 4) is 0 Å². The lowest BCUT2D eigenvalue weighted by atomic mass is 9.99. The van der Waals surface area contributed by atoms with Crippen LogP contribution in [0.4, 0.5) is 56.6 Å². The molecule has 22 heteroatoms. The molecule has 6 aromatic rings. The molecule has 3 atom stereocenters. The summed E-state index contributed by atoms with van der Waals surface area (Å²) < 4.78 is 143. The van der Waals surface area contributed by atoms with Crippen molar-refractivity contribution in [3.05, 3.63) is 226 Å². The van der Waals surface area contributed by atoms with Gasteiger partial charge in [-0.3, -0.25) is 30.3 Å². The molecule has 0 aliphatic rings. The SMILES string of the molecule is O=[N+]([O-])c1ccccc1C(O[SiH](OC(c1ccc(C(F)(F)F)cc1)c1ccccc1[N+](=O)[O-])OC(c1ccc(C(F)(F)F)cc1)c1ccccc1[N+](=O)[O-])c1ccc(C(F)(F)F)cc1. The first-order valence-corrected chi connectivity index (χ1v) is 19.7. The molecule has 3 unspecified atom stereocenters. The molecule has 0 saturated carbocycles. The van der Waals surface area contributed by atoms with Gasteiger partial charge in [0.25, 0.3) is 17.1 Å². The smallest absolute Gasteiger partial charge is 0.364 e. The van der Waals surface area contributed by atoms with Crippen LogP contribution in [0, 0.1) is 30.3 Å². The molecule has 0 N–H and O–H groups in total. The highest BCUT2D eigenvalue weighted by Gasteiger charge is 2.39. The van der Waals surface area contributed by atoms with E-state index in [1.807, 2.05) is 0 Å². The van der Waals surface area contributed by atoms with Gasteiger partial charge in [0.2, 0.25) is 0 Å². The van der Waals surface area contributed by atoms with Crippen LogP contribution in [0.2, 0.25) is 0 Å². The van der Waals surface area contributed by atoms with E-state index in [0.717, 1.165) is 54.6 Å². The zero-order valence-corrected chi connectivity index (χ0v) is 33.2. The van der Waals surface area contributed by atoms with Gasteiger partial charge in [-0.1, -0.05) is 72.8 Å². The second kappa shape index (κ2) is 18.8. The fraction of sp³-hybridized carbons (Fsp3) is 0.143. The van der Waals surface area contributed by atoms with Gasteiger partial charge in [-0.05, 0) is 71.3 Å². The maximum Gasteiger partial charge on any atom is 0.486 e. The predicted molar refractivity (Wildman–Crippen MR) is 210 cm³/mol. The number of alkyl halides is 9. The Hall–Kier alpha value is -7.01. The summed E-state index contributed by atoms with van der Waals surface area (Å²) in [7, 11) is -4.55. The Morgan fingerprint density at radius 3 is 0.797 bits per heavy atom. The largest absolute Gasteiger partial charge is 0.486 e. The van der Waals surface area contributed by atoms with E-state index in [4.69, 9.17) is 13.3 Å². The van der Waals surface area contributed by atoms with Gasteiger partial charge >= 0.3 is 28.1 Å². The van der Waals surface area contributed by atoms with Crippen LogP contribution in [0.15, 0.2) is 146 Å². The van der Waals surface area contributed by atoms with Crippen LogP contribution in [0.25, 0.3) is 0 Å². The van der Waals surface area contributed by atoms with Crippen molar-refractivity contribution in [2.24, 2.45) is 0 Å². The number of benzene rings is 6. The number of rotatable bonds is 15. The number of halogens is 9. The number of nitro benzene ring substituents is 3. The first-order chi connectivity index (χ1) is 30.1. The molecule has 12 nitrogen and oxygen atoms in total. The number of nitrogens with zero attached hydrogens (tertiary/aromatic N) is 3. The molecule has 0 aliphatic heterocycles. The van der Waals surface area contributed by atoms with Gasteiger partial charge < -0.3 is 13.3 Å². The highest BCUT2D eigenvalue weighted by atomic mass is 28.3. The highest BCUT2D eigenvalue weighted by Crippen LogP contribution is 2.42. The summed E-state index contributed by atoms with van der Waals surface area (Å²) in [6.45, 7) is 0. The highest BCUT2D eigenvalue weighted by molar-refractivity contribution is 6.36. The van der Waals surface area contributed by atoms with Gasteiger partial charge in [-0.15, -0.1) is 0 Å². The summed E-state index contributed by atoms with van der Waals surface area (Å²) in [4.78, 5) is 34.6. The Bertz CT molecular complexity index is 2340. The third-order valence-electron chi connectivity index (χ3n) is 9.61. The fourth-order valence-electron chi connectivity index (χ4n) is 6.59. The van der Waals surface area contributed by atoms with Crippen molar-refractivity contribution in [3.63, 3.8) is 0 Å². The fourth-order valence-corrected chi connectivity index (χ4v) is 8.36. The van der Waals surface area contributed by atoms with Gasteiger partial charge in [0.1, 0.15) is 18.3 Å². The maximum atomic E-state index is 13.7. The van der Waals surface area contributed by atoms with Crippen LogP contribution in [0.3, 0.4) is 0 Å². The summed E-state index contributed by atoms with van der Waals surface area (Å²) in [6.07, 6.45) is -20.0. The van der Waals surface area contributed by atoms with Crippen LogP contribution in [0.1, 0.15) is 68.4 Å². The lowest BCUT2D eigenvalue weighted by molar-refractivity contribution is -0.386. The number of para-hydroxylation sites is 3. The molecule has 0 bridgehead atoms. The molecule has 332 valence electrons. The van der Waals surface area contributed by atoms with Crippen molar-refractivity contribution >= 4 is 26.6 Å². The average Bonchev–Trinajstić information content (AvgIpc) is 3.25. The molecular formula is C42H28F9N3O9Si. The van der Waals surface area contributed by atoms with Crippen molar-refractivity contribution < 1.29 is 67.6 Å². The molecule has 0 saturated heterocycles. The van der Waals surface area contributed by atoms with Gasteiger partial charge in [0.05, 0.1) is 48.2 Å². The normalized spacial score (nSPS) is 14.0. The Morgan fingerprint density at radius 2 is 0.594 bits per heavy atom. The van der Waals surface area contributed by atoms with E-state index < -0.39 is 94.9 Å². The van der Waals surface area contributed by atoms with Crippen molar-refractivity contribution in [2.75, 3.05) is 0 Å². The summed E-state index contributed by atoms with van der Waals surface area (Å²) in [5.41, 5.74) is -6.88. The quantitative estimate of drug-likeness (QED) is 0.0423. The third-order valence-corrected chi connectivity index (χ3v) is 11.1. The molecule has 0 fully saturated rings. The summed E-state index contributed by atoms with van der Waals surface area (Å²) in [5.74, 6) is 0. The molecular weight excluding hydrogens is 890 g/mol. The third kappa shape index (κ3) is 10.8. The minimum Gasteiger partial charge on any atom is -0.364 e. The number of nitro groups is 3. The number of hydrogen-bond acceptors (Lipinski definition) is 9. The lowest BCUT2D eigenvalue weighted by Crippen LogP contribution is -2.34. The van der Waals surface area contributed by atoms with E-state index in [9.17, 15) is 69.9 Å². The van der Waals surface area contributed by atoms with E-state index >= 15 is 0 Å². The minimum absolute atomic E-state index is 0.194. The zero-order chi connectivity index (χ0) is 46.6. The molecule has 0 radical (unpaired) electrons. The van der Waals surface area contributed by atoms with Gasteiger partial charge in [-0.25, -0.2) is 0 Å². The van der Waals surface area contributed by atoms with Crippen LogP contribution >= 0.6 is 0 Å². The molecule has 0 heterocycles. The molecule has 64 heavy (non-hydrogen) atoms.